The van der Waals surface area contributed by atoms with E-state index in [2.05, 4.69) is 6.92 Å². The maximum Gasteiger partial charge on any atom is 0.303 e. The molecule has 0 unspecified atom stereocenters. The molecule has 0 fully saturated rings. The van der Waals surface area contributed by atoms with Crippen LogP contribution in [0.1, 0.15) is 84.0 Å². The summed E-state index contributed by atoms with van der Waals surface area (Å²) in [5, 5.41) is 8.54. The molecule has 0 amide bonds. The number of sulfone groups is 1. The van der Waals surface area contributed by atoms with E-state index < -0.39 is 15.8 Å². The molecular formula is C17H32O4S. The van der Waals surface area contributed by atoms with Gasteiger partial charge in [0.1, 0.15) is 0 Å². The molecule has 0 heterocycles. The van der Waals surface area contributed by atoms with Crippen molar-refractivity contribution in [2.45, 2.75) is 84.0 Å². The lowest BCUT2D eigenvalue weighted by molar-refractivity contribution is -0.137. The van der Waals surface area contributed by atoms with E-state index in [1.807, 2.05) is 6.08 Å². The quantitative estimate of drug-likeness (QED) is 0.468. The first-order chi connectivity index (χ1) is 10.4. The Morgan fingerprint density at radius 1 is 0.909 bits per heavy atom. The van der Waals surface area contributed by atoms with Gasteiger partial charge in [0.2, 0.25) is 0 Å². The topological polar surface area (TPSA) is 71.4 Å². The number of carboxylic acids is 1. The van der Waals surface area contributed by atoms with Crippen LogP contribution in [0.25, 0.3) is 0 Å². The average molecular weight is 333 g/mol. The van der Waals surface area contributed by atoms with Crippen molar-refractivity contribution >= 4 is 15.8 Å². The van der Waals surface area contributed by atoms with Crippen LogP contribution in [0.2, 0.25) is 0 Å². The number of carboxylic acid groups (broad SMARTS) is 1. The molecule has 0 saturated carbocycles. The molecular weight excluding hydrogens is 300 g/mol. The van der Waals surface area contributed by atoms with Crippen molar-refractivity contribution in [1.82, 2.24) is 0 Å². The second kappa shape index (κ2) is 12.7. The second-order valence-corrected chi connectivity index (χ2v) is 8.02. The standard InChI is InChI=1S/C17H32O4S/c1-3-4-5-7-10-13-16(22(2,20)21)14-11-8-6-9-12-15-17(18)19/h13H,3-12,14-15H2,1-2H3,(H,18,19)/b16-13+. The van der Waals surface area contributed by atoms with Crippen LogP contribution in [0.5, 0.6) is 0 Å². The molecule has 4 nitrogen and oxygen atoms in total. The highest BCUT2D eigenvalue weighted by Crippen LogP contribution is 2.18. The number of hydrogen-bond donors (Lipinski definition) is 1. The molecule has 22 heavy (non-hydrogen) atoms. The Kier molecular flexibility index (Phi) is 12.2. The van der Waals surface area contributed by atoms with E-state index in [0.717, 1.165) is 44.9 Å². The molecule has 0 aromatic heterocycles. The maximum absolute atomic E-state index is 11.8. The zero-order valence-electron chi connectivity index (χ0n) is 14.1. The molecule has 0 aliphatic heterocycles. The zero-order valence-corrected chi connectivity index (χ0v) is 15.0. The summed E-state index contributed by atoms with van der Waals surface area (Å²) in [7, 11) is -3.08. The summed E-state index contributed by atoms with van der Waals surface area (Å²) < 4.78 is 23.5. The van der Waals surface area contributed by atoms with Gasteiger partial charge in [0.05, 0.1) is 0 Å². The summed E-state index contributed by atoms with van der Waals surface area (Å²) in [6.07, 6.45) is 13.9. The van der Waals surface area contributed by atoms with E-state index in [1.165, 1.54) is 19.1 Å². The van der Waals surface area contributed by atoms with Crippen LogP contribution >= 0.6 is 0 Å². The van der Waals surface area contributed by atoms with Gasteiger partial charge in [-0.3, -0.25) is 4.79 Å². The summed E-state index contributed by atoms with van der Waals surface area (Å²) in [5.74, 6) is -0.745. The fourth-order valence-electron chi connectivity index (χ4n) is 2.38. The van der Waals surface area contributed by atoms with Gasteiger partial charge in [-0.05, 0) is 32.1 Å². The minimum absolute atomic E-state index is 0.228. The van der Waals surface area contributed by atoms with Gasteiger partial charge in [0, 0.05) is 17.6 Å². The van der Waals surface area contributed by atoms with Gasteiger partial charge < -0.3 is 5.11 Å². The van der Waals surface area contributed by atoms with Gasteiger partial charge in [-0.1, -0.05) is 51.5 Å². The highest BCUT2D eigenvalue weighted by molar-refractivity contribution is 7.94. The first kappa shape index (κ1) is 21.2. The third-order valence-corrected chi connectivity index (χ3v) is 5.04. The highest BCUT2D eigenvalue weighted by atomic mass is 32.2. The Morgan fingerprint density at radius 3 is 2.00 bits per heavy atom. The Labute approximate surface area is 135 Å². The first-order valence-electron chi connectivity index (χ1n) is 8.48. The lowest BCUT2D eigenvalue weighted by Gasteiger charge is -2.06. The molecule has 0 radical (unpaired) electrons. The Balaban J connectivity index is 3.96. The molecule has 0 rings (SSSR count). The zero-order chi connectivity index (χ0) is 16.8. The van der Waals surface area contributed by atoms with Crippen LogP contribution in [0.3, 0.4) is 0 Å². The number of unbranched alkanes of at least 4 members (excludes halogenated alkanes) is 8. The summed E-state index contributed by atoms with van der Waals surface area (Å²) >= 11 is 0. The number of hydrogen-bond acceptors (Lipinski definition) is 3. The van der Waals surface area contributed by atoms with Crippen LogP contribution in [-0.2, 0) is 14.6 Å². The molecule has 0 saturated heterocycles. The predicted molar refractivity (Wildman–Crippen MR) is 91.6 cm³/mol. The molecule has 0 bridgehead atoms. The lowest BCUT2D eigenvalue weighted by atomic mass is 10.1. The molecule has 130 valence electrons. The number of allylic oxidation sites excluding steroid dienone is 2. The normalized spacial score (nSPS) is 12.5. The average Bonchev–Trinajstić information content (AvgIpc) is 2.42. The van der Waals surface area contributed by atoms with Crippen LogP contribution in [0, 0.1) is 0 Å². The van der Waals surface area contributed by atoms with Crippen molar-refractivity contribution in [3.63, 3.8) is 0 Å². The molecule has 1 N–H and O–H groups in total. The van der Waals surface area contributed by atoms with Gasteiger partial charge in [-0.15, -0.1) is 0 Å². The van der Waals surface area contributed by atoms with Crippen molar-refractivity contribution in [1.29, 1.82) is 0 Å². The highest BCUT2D eigenvalue weighted by Gasteiger charge is 2.10. The number of rotatable bonds is 14. The van der Waals surface area contributed by atoms with Gasteiger partial charge in [-0.2, -0.15) is 0 Å². The number of aliphatic carboxylic acids is 1. The van der Waals surface area contributed by atoms with E-state index in [1.54, 1.807) is 0 Å². The largest absolute Gasteiger partial charge is 0.481 e. The molecule has 0 aromatic rings. The third-order valence-electron chi connectivity index (χ3n) is 3.72. The molecule has 0 atom stereocenters. The minimum atomic E-state index is -3.08. The van der Waals surface area contributed by atoms with Crippen molar-refractivity contribution in [3.8, 4) is 0 Å². The van der Waals surface area contributed by atoms with Crippen LogP contribution < -0.4 is 0 Å². The monoisotopic (exact) mass is 332 g/mol. The van der Waals surface area contributed by atoms with Crippen LogP contribution in [-0.4, -0.2) is 25.7 Å². The Hall–Kier alpha value is -0.840. The summed E-state index contributed by atoms with van der Waals surface area (Å²) in [6, 6.07) is 0. The molecule has 0 aliphatic rings. The fourth-order valence-corrected chi connectivity index (χ4v) is 3.31. The van der Waals surface area contributed by atoms with E-state index in [9.17, 15) is 13.2 Å². The van der Waals surface area contributed by atoms with E-state index >= 15 is 0 Å². The summed E-state index contributed by atoms with van der Waals surface area (Å²) in [6.45, 7) is 2.16. The summed E-state index contributed by atoms with van der Waals surface area (Å²) in [4.78, 5) is 11.0. The lowest BCUT2D eigenvalue weighted by Crippen LogP contribution is -2.01. The third kappa shape index (κ3) is 12.9. The minimum Gasteiger partial charge on any atom is -0.481 e. The van der Waals surface area contributed by atoms with E-state index in [0.29, 0.717) is 17.7 Å². The Morgan fingerprint density at radius 2 is 1.45 bits per heavy atom. The smallest absolute Gasteiger partial charge is 0.303 e. The summed E-state index contributed by atoms with van der Waals surface area (Å²) in [5.41, 5.74) is 0. The fraction of sp³-hybridized carbons (Fsp3) is 0.824. The maximum atomic E-state index is 11.8. The van der Waals surface area contributed by atoms with Crippen molar-refractivity contribution in [2.24, 2.45) is 0 Å². The van der Waals surface area contributed by atoms with E-state index in [-0.39, 0.29) is 6.42 Å². The van der Waals surface area contributed by atoms with Crippen LogP contribution in [0.4, 0.5) is 0 Å². The van der Waals surface area contributed by atoms with Crippen molar-refractivity contribution in [2.75, 3.05) is 6.26 Å². The van der Waals surface area contributed by atoms with Gasteiger partial charge in [0.25, 0.3) is 0 Å². The molecule has 5 heteroatoms. The van der Waals surface area contributed by atoms with Crippen molar-refractivity contribution in [3.05, 3.63) is 11.0 Å². The van der Waals surface area contributed by atoms with Gasteiger partial charge >= 0.3 is 5.97 Å². The molecule has 0 aliphatic carbocycles. The van der Waals surface area contributed by atoms with E-state index in [4.69, 9.17) is 5.11 Å². The van der Waals surface area contributed by atoms with Gasteiger partial charge in [0.15, 0.2) is 9.84 Å². The number of carbonyl (C=O) groups is 1. The second-order valence-electron chi connectivity index (χ2n) is 5.95. The van der Waals surface area contributed by atoms with Crippen LogP contribution in [0.15, 0.2) is 11.0 Å². The predicted octanol–water partition coefficient (Wildman–Crippen LogP) is 4.70. The van der Waals surface area contributed by atoms with Crippen molar-refractivity contribution < 1.29 is 18.3 Å². The molecule has 0 aromatic carbocycles. The molecule has 0 spiro atoms. The SMILES string of the molecule is CCCCCC/C=C(\CCCCCCCC(=O)O)S(C)(=O)=O. The van der Waals surface area contributed by atoms with Gasteiger partial charge in [-0.25, -0.2) is 8.42 Å². The Bertz CT molecular complexity index is 424. The first-order valence-corrected chi connectivity index (χ1v) is 10.4.